The maximum absolute atomic E-state index is 9.52. The minimum absolute atomic E-state index is 0.0846. The highest BCUT2D eigenvalue weighted by Gasteiger charge is 2.28. The Hall–Kier alpha value is -2.84. The predicted molar refractivity (Wildman–Crippen MR) is 96.4 cm³/mol. The molecular weight excluding hydrogens is 314 g/mol. The standard InChI is InChI=1S/C20H19N3O2/c1-13-11-23(12-14(2)24-13)20-18(10-21)22-19(25-20)17-9-5-7-15-6-3-4-8-16(15)17/h3-9,13-14H,11-12H2,1-2H3/t13-,14-/m1/s1. The zero-order valence-electron chi connectivity index (χ0n) is 14.3. The molecule has 1 fully saturated rings. The third kappa shape index (κ3) is 2.86. The summed E-state index contributed by atoms with van der Waals surface area (Å²) in [7, 11) is 0. The monoisotopic (exact) mass is 333 g/mol. The van der Waals surface area contributed by atoms with Crippen LogP contribution in [0.1, 0.15) is 19.5 Å². The normalized spacial score (nSPS) is 20.6. The number of hydrogen-bond acceptors (Lipinski definition) is 5. The molecule has 4 rings (SSSR count). The number of fused-ring (bicyclic) bond motifs is 1. The molecule has 0 spiro atoms. The highest BCUT2D eigenvalue weighted by Crippen LogP contribution is 2.33. The molecule has 0 aliphatic carbocycles. The number of rotatable bonds is 2. The molecule has 5 nitrogen and oxygen atoms in total. The van der Waals surface area contributed by atoms with Gasteiger partial charge in [-0.05, 0) is 30.7 Å². The number of ether oxygens (including phenoxy) is 1. The summed E-state index contributed by atoms with van der Waals surface area (Å²) in [5, 5.41) is 11.7. The third-order valence-corrected chi connectivity index (χ3v) is 4.44. The maximum atomic E-state index is 9.52. The van der Waals surface area contributed by atoms with Gasteiger partial charge in [-0.2, -0.15) is 10.2 Å². The molecule has 2 heterocycles. The summed E-state index contributed by atoms with van der Waals surface area (Å²) < 4.78 is 11.8. The molecule has 2 aromatic carbocycles. The molecule has 1 aromatic heterocycles. The van der Waals surface area contributed by atoms with E-state index < -0.39 is 0 Å². The van der Waals surface area contributed by atoms with Gasteiger partial charge < -0.3 is 14.1 Å². The van der Waals surface area contributed by atoms with Gasteiger partial charge in [-0.3, -0.25) is 0 Å². The number of nitriles is 1. The first kappa shape index (κ1) is 15.7. The van der Waals surface area contributed by atoms with Crippen LogP contribution in [0.2, 0.25) is 0 Å². The van der Waals surface area contributed by atoms with Gasteiger partial charge in [-0.25, -0.2) is 0 Å². The van der Waals surface area contributed by atoms with Gasteiger partial charge in [0, 0.05) is 18.7 Å². The summed E-state index contributed by atoms with van der Waals surface area (Å²) in [5.41, 5.74) is 1.22. The van der Waals surface area contributed by atoms with E-state index in [0.717, 1.165) is 16.3 Å². The second kappa shape index (κ2) is 6.23. The van der Waals surface area contributed by atoms with Crippen LogP contribution in [0.25, 0.3) is 22.2 Å². The Bertz CT molecular complexity index is 942. The molecule has 2 atom stereocenters. The van der Waals surface area contributed by atoms with Crippen molar-refractivity contribution in [2.45, 2.75) is 26.1 Å². The Balaban J connectivity index is 1.80. The fraction of sp³-hybridized carbons (Fsp3) is 0.300. The van der Waals surface area contributed by atoms with Crippen LogP contribution in [-0.2, 0) is 4.74 Å². The van der Waals surface area contributed by atoms with Crippen LogP contribution in [0, 0.1) is 11.3 Å². The van der Waals surface area contributed by atoms with Crippen LogP contribution in [0.5, 0.6) is 0 Å². The summed E-state index contributed by atoms with van der Waals surface area (Å²) in [4.78, 5) is 6.52. The van der Waals surface area contributed by atoms with Crippen LogP contribution in [0.15, 0.2) is 46.9 Å². The maximum Gasteiger partial charge on any atom is 0.235 e. The van der Waals surface area contributed by atoms with Crippen molar-refractivity contribution in [3.8, 4) is 17.5 Å². The molecule has 5 heteroatoms. The first-order valence-corrected chi connectivity index (χ1v) is 8.45. The smallest absolute Gasteiger partial charge is 0.235 e. The number of nitrogens with zero attached hydrogens (tertiary/aromatic N) is 3. The SMILES string of the molecule is C[C@@H]1CN(c2oc(-c3cccc4ccccc34)nc2C#N)C[C@@H](C)O1. The number of benzene rings is 2. The van der Waals surface area contributed by atoms with Crippen molar-refractivity contribution < 1.29 is 9.15 Å². The van der Waals surface area contributed by atoms with Crippen molar-refractivity contribution in [2.24, 2.45) is 0 Å². The lowest BCUT2D eigenvalue weighted by molar-refractivity contribution is -0.00638. The van der Waals surface area contributed by atoms with Crippen LogP contribution >= 0.6 is 0 Å². The third-order valence-electron chi connectivity index (χ3n) is 4.44. The molecule has 25 heavy (non-hydrogen) atoms. The van der Waals surface area contributed by atoms with E-state index in [9.17, 15) is 5.26 Å². The van der Waals surface area contributed by atoms with E-state index in [0.29, 0.717) is 30.6 Å². The van der Waals surface area contributed by atoms with Crippen molar-refractivity contribution in [3.63, 3.8) is 0 Å². The van der Waals surface area contributed by atoms with Crippen molar-refractivity contribution in [1.29, 1.82) is 5.26 Å². The molecule has 126 valence electrons. The average molecular weight is 333 g/mol. The molecule has 0 amide bonds. The van der Waals surface area contributed by atoms with E-state index in [2.05, 4.69) is 28.1 Å². The Labute approximate surface area is 146 Å². The van der Waals surface area contributed by atoms with Crippen molar-refractivity contribution in [1.82, 2.24) is 4.98 Å². The molecule has 1 aliphatic rings. The second-order valence-electron chi connectivity index (χ2n) is 6.47. The predicted octanol–water partition coefficient (Wildman–Crippen LogP) is 3.98. The summed E-state index contributed by atoms with van der Waals surface area (Å²) >= 11 is 0. The fourth-order valence-electron chi connectivity index (χ4n) is 3.47. The highest BCUT2D eigenvalue weighted by atomic mass is 16.5. The topological polar surface area (TPSA) is 62.3 Å². The number of hydrogen-bond donors (Lipinski definition) is 0. The number of morpholine rings is 1. The highest BCUT2D eigenvalue weighted by molar-refractivity contribution is 5.94. The second-order valence-corrected chi connectivity index (χ2v) is 6.47. The Kier molecular flexibility index (Phi) is 3.90. The number of anilines is 1. The van der Waals surface area contributed by atoms with Gasteiger partial charge in [0.05, 0.1) is 12.2 Å². The average Bonchev–Trinajstić information content (AvgIpc) is 3.04. The van der Waals surface area contributed by atoms with E-state index in [1.54, 1.807) is 0 Å². The zero-order valence-corrected chi connectivity index (χ0v) is 14.3. The lowest BCUT2D eigenvalue weighted by Gasteiger charge is -2.34. The van der Waals surface area contributed by atoms with E-state index in [1.165, 1.54) is 0 Å². The first-order chi connectivity index (χ1) is 12.2. The van der Waals surface area contributed by atoms with Crippen LogP contribution < -0.4 is 4.90 Å². The number of oxazole rings is 1. The summed E-state index contributed by atoms with van der Waals surface area (Å²) in [6.07, 6.45) is 0.169. The van der Waals surface area contributed by atoms with Crippen molar-refractivity contribution in [2.75, 3.05) is 18.0 Å². The molecule has 3 aromatic rings. The fourth-order valence-corrected chi connectivity index (χ4v) is 3.47. The summed E-state index contributed by atoms with van der Waals surface area (Å²) in [6.45, 7) is 5.42. The Morgan fingerprint density at radius 1 is 1.08 bits per heavy atom. The molecule has 1 saturated heterocycles. The molecule has 1 aliphatic heterocycles. The van der Waals surface area contributed by atoms with Gasteiger partial charge in [0.15, 0.2) is 0 Å². The molecule has 0 radical (unpaired) electrons. The van der Waals surface area contributed by atoms with Gasteiger partial charge in [-0.15, -0.1) is 0 Å². The van der Waals surface area contributed by atoms with Crippen LogP contribution in [-0.4, -0.2) is 30.3 Å². The van der Waals surface area contributed by atoms with E-state index >= 15 is 0 Å². The van der Waals surface area contributed by atoms with Crippen LogP contribution in [0.3, 0.4) is 0 Å². The van der Waals surface area contributed by atoms with Gasteiger partial charge in [0.25, 0.3) is 0 Å². The molecule has 0 N–H and O–H groups in total. The van der Waals surface area contributed by atoms with Gasteiger partial charge in [0.1, 0.15) is 6.07 Å². The zero-order chi connectivity index (χ0) is 17.4. The molecular formula is C20H19N3O2. The van der Waals surface area contributed by atoms with E-state index in [1.807, 2.05) is 44.2 Å². The van der Waals surface area contributed by atoms with Gasteiger partial charge in [-0.1, -0.05) is 36.4 Å². The van der Waals surface area contributed by atoms with Gasteiger partial charge >= 0.3 is 0 Å². The lowest BCUT2D eigenvalue weighted by Crippen LogP contribution is -2.45. The van der Waals surface area contributed by atoms with Crippen molar-refractivity contribution >= 4 is 16.7 Å². The van der Waals surface area contributed by atoms with E-state index in [-0.39, 0.29) is 12.2 Å². The largest absolute Gasteiger partial charge is 0.419 e. The Morgan fingerprint density at radius 2 is 1.80 bits per heavy atom. The molecule has 0 bridgehead atoms. The first-order valence-electron chi connectivity index (χ1n) is 8.45. The van der Waals surface area contributed by atoms with Crippen LogP contribution in [0.4, 0.5) is 5.88 Å². The summed E-state index contributed by atoms with van der Waals surface area (Å²) in [5.74, 6) is 1.02. The lowest BCUT2D eigenvalue weighted by atomic mass is 10.0. The number of aromatic nitrogens is 1. The Morgan fingerprint density at radius 3 is 2.56 bits per heavy atom. The minimum atomic E-state index is 0.0846. The minimum Gasteiger partial charge on any atom is -0.419 e. The molecule has 0 unspecified atom stereocenters. The summed E-state index contributed by atoms with van der Waals surface area (Å²) in [6, 6.07) is 16.3. The van der Waals surface area contributed by atoms with E-state index in [4.69, 9.17) is 9.15 Å². The van der Waals surface area contributed by atoms with Crippen molar-refractivity contribution in [3.05, 3.63) is 48.2 Å². The quantitative estimate of drug-likeness (QED) is 0.710. The molecule has 0 saturated carbocycles. The van der Waals surface area contributed by atoms with Gasteiger partial charge in [0.2, 0.25) is 17.5 Å².